The molecule has 0 saturated heterocycles. The first-order chi connectivity index (χ1) is 12.6. The van der Waals surface area contributed by atoms with E-state index >= 15 is 0 Å². The molecule has 2 N–H and O–H groups in total. The summed E-state index contributed by atoms with van der Waals surface area (Å²) in [5, 5.41) is 10.1. The van der Waals surface area contributed by atoms with Crippen molar-refractivity contribution in [3.8, 4) is 0 Å². The average Bonchev–Trinajstić information content (AvgIpc) is 3.18. The van der Waals surface area contributed by atoms with Crippen LogP contribution >= 0.6 is 11.8 Å². The lowest BCUT2D eigenvalue weighted by molar-refractivity contribution is -0.122. The number of aromatic nitrogens is 2. The van der Waals surface area contributed by atoms with E-state index in [1.165, 1.54) is 22.9 Å². The minimum absolute atomic E-state index is 0.00428. The van der Waals surface area contributed by atoms with Gasteiger partial charge in [-0.3, -0.25) is 9.59 Å². The fourth-order valence-electron chi connectivity index (χ4n) is 2.62. The lowest BCUT2D eigenvalue weighted by Gasteiger charge is -2.10. The Bertz CT molecular complexity index is 846. The quantitative estimate of drug-likeness (QED) is 0.762. The highest BCUT2D eigenvalue weighted by Gasteiger charge is 2.24. The summed E-state index contributed by atoms with van der Waals surface area (Å²) in [4.78, 5) is 24.2. The first-order valence-electron chi connectivity index (χ1n) is 8.18. The van der Waals surface area contributed by atoms with Crippen LogP contribution in [0.15, 0.2) is 36.4 Å². The van der Waals surface area contributed by atoms with E-state index in [1.807, 2.05) is 0 Å². The summed E-state index contributed by atoms with van der Waals surface area (Å²) in [6.07, 6.45) is 3.08. The Kier molecular flexibility index (Phi) is 5.72. The summed E-state index contributed by atoms with van der Waals surface area (Å²) >= 11 is 1.72. The number of fused-ring (bicyclic) bond motifs is 1. The maximum absolute atomic E-state index is 12.9. The molecule has 2 heterocycles. The second-order valence-electron chi connectivity index (χ2n) is 5.82. The predicted octanol–water partition coefficient (Wildman–Crippen LogP) is 2.60. The van der Waals surface area contributed by atoms with Gasteiger partial charge in [0.15, 0.2) is 0 Å². The maximum Gasteiger partial charge on any atom is 0.249 e. The first kappa shape index (κ1) is 18.2. The molecule has 0 saturated carbocycles. The van der Waals surface area contributed by atoms with Gasteiger partial charge in [-0.15, -0.1) is 0 Å². The molecule has 1 aromatic heterocycles. The monoisotopic (exact) mass is 374 g/mol. The number of halogens is 1. The summed E-state index contributed by atoms with van der Waals surface area (Å²) in [6.45, 7) is 2.07. The smallest absolute Gasteiger partial charge is 0.249 e. The summed E-state index contributed by atoms with van der Waals surface area (Å²) in [5.41, 5.74) is 2.68. The molecule has 2 aromatic rings. The lowest BCUT2D eigenvalue weighted by atomic mass is 10.2. The van der Waals surface area contributed by atoms with Gasteiger partial charge in [0.2, 0.25) is 11.8 Å². The van der Waals surface area contributed by atoms with E-state index in [1.54, 1.807) is 36.9 Å². The fourth-order valence-corrected chi connectivity index (χ4v) is 3.66. The van der Waals surface area contributed by atoms with Crippen molar-refractivity contribution in [1.29, 1.82) is 0 Å². The summed E-state index contributed by atoms with van der Waals surface area (Å²) in [6, 6.07) is 5.95. The Hall–Kier alpha value is -2.61. The van der Waals surface area contributed by atoms with Gasteiger partial charge < -0.3 is 10.6 Å². The number of rotatable bonds is 6. The molecule has 0 atom stereocenters. The third-order valence-corrected chi connectivity index (χ3v) is 4.85. The molecule has 0 unspecified atom stereocenters. The van der Waals surface area contributed by atoms with E-state index < -0.39 is 0 Å². The van der Waals surface area contributed by atoms with Crippen LogP contribution in [0.1, 0.15) is 23.7 Å². The molecule has 1 aliphatic rings. The van der Waals surface area contributed by atoms with Gasteiger partial charge in [0.1, 0.15) is 18.2 Å². The molecular formula is C18H19FN4O2S. The normalized spacial score (nSPS) is 13.0. The number of amides is 2. The summed E-state index contributed by atoms with van der Waals surface area (Å²) in [5.74, 6) is 1.31. The van der Waals surface area contributed by atoms with Gasteiger partial charge >= 0.3 is 0 Å². The van der Waals surface area contributed by atoms with E-state index in [4.69, 9.17) is 0 Å². The Labute approximate surface area is 154 Å². The minimum atomic E-state index is -0.314. The van der Waals surface area contributed by atoms with Crippen LogP contribution < -0.4 is 10.6 Å². The van der Waals surface area contributed by atoms with Gasteiger partial charge in [0.05, 0.1) is 5.69 Å². The highest BCUT2D eigenvalue weighted by Crippen LogP contribution is 2.34. The Morgan fingerprint density at radius 3 is 2.81 bits per heavy atom. The third-order valence-electron chi connectivity index (χ3n) is 3.87. The van der Waals surface area contributed by atoms with Gasteiger partial charge in [-0.1, -0.05) is 18.2 Å². The number of hydrogen-bond acceptors (Lipinski definition) is 4. The molecule has 3 rings (SSSR count). The Balaban J connectivity index is 1.67. The number of benzene rings is 1. The van der Waals surface area contributed by atoms with Crippen molar-refractivity contribution in [3.05, 3.63) is 59.1 Å². The molecule has 6 nitrogen and oxygen atoms in total. The van der Waals surface area contributed by atoms with Crippen LogP contribution in [-0.2, 0) is 34.2 Å². The third kappa shape index (κ3) is 4.32. The highest BCUT2D eigenvalue weighted by atomic mass is 32.2. The van der Waals surface area contributed by atoms with Crippen molar-refractivity contribution in [1.82, 2.24) is 15.1 Å². The van der Waals surface area contributed by atoms with Crippen molar-refractivity contribution < 1.29 is 14.0 Å². The molecule has 0 spiro atoms. The molecule has 136 valence electrons. The van der Waals surface area contributed by atoms with Gasteiger partial charge in [0, 0.05) is 23.6 Å². The molecule has 0 bridgehead atoms. The molecule has 2 amide bonds. The van der Waals surface area contributed by atoms with Gasteiger partial charge in [-0.05, 0) is 30.7 Å². The second-order valence-corrected chi connectivity index (χ2v) is 6.80. The largest absolute Gasteiger partial charge is 0.350 e. The van der Waals surface area contributed by atoms with Crippen LogP contribution in [0.3, 0.4) is 0 Å². The first-order valence-corrected chi connectivity index (χ1v) is 9.33. The molecule has 0 aliphatic carbocycles. The topological polar surface area (TPSA) is 76.0 Å². The zero-order chi connectivity index (χ0) is 18.5. The maximum atomic E-state index is 12.9. The molecule has 26 heavy (non-hydrogen) atoms. The predicted molar refractivity (Wildman–Crippen MR) is 98.9 cm³/mol. The number of allylic oxidation sites excluding steroid dienone is 1. The number of thioether (sulfide) groups is 1. The highest BCUT2D eigenvalue weighted by molar-refractivity contribution is 7.98. The Morgan fingerprint density at radius 2 is 2.08 bits per heavy atom. The Morgan fingerprint density at radius 1 is 1.31 bits per heavy atom. The number of hydrogen-bond donors (Lipinski definition) is 2. The van der Waals surface area contributed by atoms with Crippen molar-refractivity contribution >= 4 is 29.4 Å². The van der Waals surface area contributed by atoms with Crippen molar-refractivity contribution in [2.24, 2.45) is 0 Å². The number of nitrogens with zero attached hydrogens (tertiary/aromatic N) is 2. The van der Waals surface area contributed by atoms with Gasteiger partial charge in [-0.2, -0.15) is 16.9 Å². The molecule has 0 radical (unpaired) electrons. The van der Waals surface area contributed by atoms with E-state index in [0.717, 1.165) is 28.3 Å². The minimum Gasteiger partial charge on any atom is -0.350 e. The molecule has 0 fully saturated rings. The zero-order valence-corrected chi connectivity index (χ0v) is 15.1. The number of nitrogens with one attached hydrogen (secondary N) is 2. The molecule has 1 aromatic carbocycles. The van der Waals surface area contributed by atoms with E-state index in [2.05, 4.69) is 15.7 Å². The van der Waals surface area contributed by atoms with Crippen molar-refractivity contribution in [3.63, 3.8) is 0 Å². The van der Waals surface area contributed by atoms with E-state index in [9.17, 15) is 14.0 Å². The van der Waals surface area contributed by atoms with Gasteiger partial charge in [0.25, 0.3) is 0 Å². The zero-order valence-electron chi connectivity index (χ0n) is 14.3. The van der Waals surface area contributed by atoms with Crippen molar-refractivity contribution in [2.75, 3.05) is 5.32 Å². The average molecular weight is 374 g/mol. The second kappa shape index (κ2) is 8.18. The van der Waals surface area contributed by atoms with Crippen molar-refractivity contribution in [2.45, 2.75) is 31.5 Å². The summed E-state index contributed by atoms with van der Waals surface area (Å²) < 4.78 is 14.4. The van der Waals surface area contributed by atoms with E-state index in [0.29, 0.717) is 12.4 Å². The molecule has 1 aliphatic heterocycles. The lowest BCUT2D eigenvalue weighted by Crippen LogP contribution is -2.28. The molecular weight excluding hydrogens is 355 g/mol. The van der Waals surface area contributed by atoms with Crippen LogP contribution in [0, 0.1) is 5.82 Å². The number of anilines is 1. The SMILES string of the molecule is C/C=C\C(=O)Nc1c2c(nn1CC(=O)NCc1ccc(F)cc1)CSC2. The van der Waals surface area contributed by atoms with E-state index in [-0.39, 0.29) is 24.2 Å². The standard InChI is InChI=1S/C18H19FN4O2S/c1-2-3-16(24)21-18-14-10-26-11-15(14)22-23(18)9-17(25)20-8-12-4-6-13(19)7-5-12/h2-7H,8-11H2,1H3,(H,20,25)(H,21,24)/b3-2-. The number of carbonyl (C=O) groups excluding carboxylic acids is 2. The van der Waals surface area contributed by atoms with Crippen LogP contribution in [0.5, 0.6) is 0 Å². The fraction of sp³-hybridized carbons (Fsp3) is 0.278. The number of carbonyl (C=O) groups is 2. The van der Waals surface area contributed by atoms with Crippen LogP contribution in [0.4, 0.5) is 10.2 Å². The van der Waals surface area contributed by atoms with Crippen LogP contribution in [-0.4, -0.2) is 21.6 Å². The van der Waals surface area contributed by atoms with Crippen LogP contribution in [0.25, 0.3) is 0 Å². The molecule has 8 heteroatoms. The summed E-state index contributed by atoms with van der Waals surface area (Å²) in [7, 11) is 0. The van der Waals surface area contributed by atoms with Crippen LogP contribution in [0.2, 0.25) is 0 Å². The van der Waals surface area contributed by atoms with Gasteiger partial charge in [-0.25, -0.2) is 9.07 Å².